The van der Waals surface area contributed by atoms with Crippen molar-refractivity contribution in [1.82, 2.24) is 5.32 Å². The molecule has 0 aliphatic rings. The first-order valence-electron chi connectivity index (χ1n) is 3.93. The molecule has 0 aliphatic carbocycles. The van der Waals surface area contributed by atoms with E-state index in [4.69, 9.17) is 0 Å². The van der Waals surface area contributed by atoms with Crippen LogP contribution in [-0.2, 0) is 0 Å². The molecule has 2 nitrogen and oxygen atoms in total. The summed E-state index contributed by atoms with van der Waals surface area (Å²) in [6, 6.07) is 0.414. The van der Waals surface area contributed by atoms with Crippen LogP contribution in [0.3, 0.4) is 0 Å². The summed E-state index contributed by atoms with van der Waals surface area (Å²) in [6.45, 7) is 6.14. The Morgan fingerprint density at radius 3 is 2.10 bits per heavy atom. The topological polar surface area (TPSA) is 32.3 Å². The van der Waals surface area contributed by atoms with E-state index in [0.717, 1.165) is 6.42 Å². The predicted octanol–water partition coefficient (Wildman–Crippen LogP) is 1.00. The highest BCUT2D eigenvalue weighted by molar-refractivity contribution is 4.67. The first-order valence-corrected chi connectivity index (χ1v) is 3.93. The normalized spacial score (nSPS) is 17.4. The Morgan fingerprint density at radius 1 is 1.30 bits per heavy atom. The summed E-state index contributed by atoms with van der Waals surface area (Å²) in [5.41, 5.74) is 0. The molecule has 0 fully saturated rings. The minimum absolute atomic E-state index is 0.164. The Kier molecular flexibility index (Phi) is 4.65. The van der Waals surface area contributed by atoms with Crippen LogP contribution < -0.4 is 5.32 Å². The third-order valence-electron chi connectivity index (χ3n) is 1.86. The number of aliphatic hydroxyl groups is 1. The molecule has 2 heteroatoms. The van der Waals surface area contributed by atoms with Gasteiger partial charge in [-0.1, -0.05) is 13.8 Å². The maximum absolute atomic E-state index is 9.39. The SMILES string of the molecule is CN[C@@H](C)C[C@@H](O)C(C)C. The van der Waals surface area contributed by atoms with Crippen LogP contribution in [0.5, 0.6) is 0 Å². The van der Waals surface area contributed by atoms with Crippen molar-refractivity contribution < 1.29 is 5.11 Å². The molecule has 10 heavy (non-hydrogen) atoms. The monoisotopic (exact) mass is 145 g/mol. The molecule has 0 rings (SSSR count). The summed E-state index contributed by atoms with van der Waals surface area (Å²) in [4.78, 5) is 0. The van der Waals surface area contributed by atoms with Crippen molar-refractivity contribution in [2.45, 2.75) is 39.3 Å². The highest BCUT2D eigenvalue weighted by Crippen LogP contribution is 2.07. The summed E-state index contributed by atoms with van der Waals surface area (Å²) < 4.78 is 0. The number of aliphatic hydroxyl groups excluding tert-OH is 1. The Balaban J connectivity index is 3.46. The lowest BCUT2D eigenvalue weighted by molar-refractivity contribution is 0.107. The number of hydrogen-bond donors (Lipinski definition) is 2. The quantitative estimate of drug-likeness (QED) is 0.618. The molecule has 0 radical (unpaired) electrons. The molecule has 0 amide bonds. The maximum atomic E-state index is 9.39. The van der Waals surface area contributed by atoms with E-state index in [1.54, 1.807) is 0 Å². The molecular formula is C8H19NO. The Bertz CT molecular complexity index is 83.3. The van der Waals surface area contributed by atoms with Crippen molar-refractivity contribution in [3.05, 3.63) is 0 Å². The minimum atomic E-state index is -0.164. The summed E-state index contributed by atoms with van der Waals surface area (Å²) >= 11 is 0. The van der Waals surface area contributed by atoms with E-state index >= 15 is 0 Å². The lowest BCUT2D eigenvalue weighted by atomic mass is 10.0. The first kappa shape index (κ1) is 9.92. The zero-order valence-electron chi connectivity index (χ0n) is 7.39. The molecule has 0 spiro atoms. The van der Waals surface area contributed by atoms with Crippen molar-refractivity contribution in [1.29, 1.82) is 0 Å². The molecule has 0 aliphatic heterocycles. The van der Waals surface area contributed by atoms with Crippen LogP contribution in [0.1, 0.15) is 27.2 Å². The maximum Gasteiger partial charge on any atom is 0.0577 e. The molecule has 0 saturated heterocycles. The largest absolute Gasteiger partial charge is 0.393 e. The van der Waals surface area contributed by atoms with Gasteiger partial charge in [-0.15, -0.1) is 0 Å². The molecule has 0 bridgehead atoms. The highest BCUT2D eigenvalue weighted by atomic mass is 16.3. The van der Waals surface area contributed by atoms with Gasteiger partial charge in [-0.05, 0) is 26.3 Å². The Labute approximate surface area is 63.6 Å². The lowest BCUT2D eigenvalue weighted by Crippen LogP contribution is -2.29. The first-order chi connectivity index (χ1) is 4.57. The summed E-state index contributed by atoms with van der Waals surface area (Å²) in [5.74, 6) is 0.371. The van der Waals surface area contributed by atoms with Crippen molar-refractivity contribution >= 4 is 0 Å². The van der Waals surface area contributed by atoms with Gasteiger partial charge in [0.1, 0.15) is 0 Å². The van der Waals surface area contributed by atoms with E-state index in [9.17, 15) is 5.11 Å². The van der Waals surface area contributed by atoms with Crippen LogP contribution in [0.4, 0.5) is 0 Å². The third-order valence-corrected chi connectivity index (χ3v) is 1.86. The van der Waals surface area contributed by atoms with Crippen LogP contribution in [0.15, 0.2) is 0 Å². The van der Waals surface area contributed by atoms with Gasteiger partial charge in [-0.25, -0.2) is 0 Å². The second kappa shape index (κ2) is 4.69. The van der Waals surface area contributed by atoms with Crippen molar-refractivity contribution in [2.24, 2.45) is 5.92 Å². The van der Waals surface area contributed by atoms with Gasteiger partial charge in [-0.2, -0.15) is 0 Å². The minimum Gasteiger partial charge on any atom is -0.393 e. The van der Waals surface area contributed by atoms with Gasteiger partial charge in [-0.3, -0.25) is 0 Å². The van der Waals surface area contributed by atoms with Crippen LogP contribution in [-0.4, -0.2) is 24.3 Å². The number of rotatable bonds is 4. The number of nitrogens with one attached hydrogen (secondary N) is 1. The van der Waals surface area contributed by atoms with Crippen LogP contribution in [0, 0.1) is 5.92 Å². The summed E-state index contributed by atoms with van der Waals surface area (Å²) in [7, 11) is 1.91. The van der Waals surface area contributed by atoms with Gasteiger partial charge in [0.2, 0.25) is 0 Å². The number of hydrogen-bond acceptors (Lipinski definition) is 2. The van der Waals surface area contributed by atoms with Crippen molar-refractivity contribution in [3.63, 3.8) is 0 Å². The van der Waals surface area contributed by atoms with Crippen LogP contribution in [0.2, 0.25) is 0 Å². The molecule has 2 N–H and O–H groups in total. The van der Waals surface area contributed by atoms with E-state index in [1.807, 2.05) is 20.9 Å². The lowest BCUT2D eigenvalue weighted by Gasteiger charge is -2.18. The van der Waals surface area contributed by atoms with Gasteiger partial charge < -0.3 is 10.4 Å². The van der Waals surface area contributed by atoms with Crippen molar-refractivity contribution in [3.8, 4) is 0 Å². The second-order valence-electron chi connectivity index (χ2n) is 3.24. The van der Waals surface area contributed by atoms with Gasteiger partial charge >= 0.3 is 0 Å². The average Bonchev–Trinajstić information content (AvgIpc) is 1.87. The van der Waals surface area contributed by atoms with E-state index in [1.165, 1.54) is 0 Å². The smallest absolute Gasteiger partial charge is 0.0577 e. The zero-order chi connectivity index (χ0) is 8.15. The molecule has 62 valence electrons. The molecular weight excluding hydrogens is 126 g/mol. The summed E-state index contributed by atoms with van der Waals surface area (Å²) in [5, 5.41) is 12.5. The van der Waals surface area contributed by atoms with E-state index in [-0.39, 0.29) is 6.10 Å². The average molecular weight is 145 g/mol. The van der Waals surface area contributed by atoms with Gasteiger partial charge in [0.15, 0.2) is 0 Å². The Morgan fingerprint density at radius 2 is 1.80 bits per heavy atom. The fourth-order valence-corrected chi connectivity index (χ4v) is 0.752. The van der Waals surface area contributed by atoms with E-state index in [0.29, 0.717) is 12.0 Å². The molecule has 0 unspecified atom stereocenters. The molecule has 2 atom stereocenters. The van der Waals surface area contributed by atoms with Gasteiger partial charge in [0.25, 0.3) is 0 Å². The van der Waals surface area contributed by atoms with Gasteiger partial charge in [0.05, 0.1) is 6.10 Å². The Hall–Kier alpha value is -0.0800. The molecule has 0 aromatic rings. The highest BCUT2D eigenvalue weighted by Gasteiger charge is 2.11. The van der Waals surface area contributed by atoms with Crippen LogP contribution >= 0.6 is 0 Å². The van der Waals surface area contributed by atoms with E-state index < -0.39 is 0 Å². The fraction of sp³-hybridized carbons (Fsp3) is 1.00. The van der Waals surface area contributed by atoms with Gasteiger partial charge in [0, 0.05) is 6.04 Å². The zero-order valence-corrected chi connectivity index (χ0v) is 7.39. The molecule has 0 aromatic carbocycles. The van der Waals surface area contributed by atoms with Crippen molar-refractivity contribution in [2.75, 3.05) is 7.05 Å². The van der Waals surface area contributed by atoms with Crippen LogP contribution in [0.25, 0.3) is 0 Å². The predicted molar refractivity (Wildman–Crippen MR) is 44.0 cm³/mol. The molecule has 0 saturated carbocycles. The molecule has 0 aromatic heterocycles. The molecule has 0 heterocycles. The second-order valence-corrected chi connectivity index (χ2v) is 3.24. The fourth-order valence-electron chi connectivity index (χ4n) is 0.752. The van der Waals surface area contributed by atoms with E-state index in [2.05, 4.69) is 12.2 Å². The standard InChI is InChI=1S/C8H19NO/c1-6(2)8(10)5-7(3)9-4/h6-10H,5H2,1-4H3/t7-,8+/m0/s1. The third kappa shape index (κ3) is 3.85. The summed E-state index contributed by atoms with van der Waals surface area (Å²) in [6.07, 6.45) is 0.677.